The van der Waals surface area contributed by atoms with Crippen LogP contribution in [0.3, 0.4) is 0 Å². The van der Waals surface area contributed by atoms with E-state index in [1.165, 1.54) is 0 Å². The number of carbonyl (C=O) groups is 2. The Morgan fingerprint density at radius 2 is 1.84 bits per heavy atom. The van der Waals surface area contributed by atoms with Gasteiger partial charge in [-0.15, -0.1) is 0 Å². The molecule has 1 aliphatic carbocycles. The van der Waals surface area contributed by atoms with E-state index in [1.54, 1.807) is 0 Å². The molecule has 1 aliphatic heterocycles. The van der Waals surface area contributed by atoms with Gasteiger partial charge in [0.25, 0.3) is 0 Å². The molecule has 0 radical (unpaired) electrons. The first-order valence-corrected chi connectivity index (χ1v) is 8.36. The highest BCUT2D eigenvalue weighted by molar-refractivity contribution is 7.92. The second-order valence-electron chi connectivity index (χ2n) is 5.41. The second-order valence-corrected chi connectivity index (χ2v) is 7.71. The van der Waals surface area contributed by atoms with Crippen molar-refractivity contribution < 1.29 is 23.1 Å². The van der Waals surface area contributed by atoms with Crippen LogP contribution in [0.2, 0.25) is 0 Å². The molecule has 6 nitrogen and oxygen atoms in total. The summed E-state index contributed by atoms with van der Waals surface area (Å²) in [5.74, 6) is -1.64. The van der Waals surface area contributed by atoms with E-state index in [1.807, 2.05) is 0 Å². The molecule has 0 spiro atoms. The molecule has 2 fully saturated rings. The largest absolute Gasteiger partial charge is 0.481 e. The second kappa shape index (κ2) is 5.48. The number of amides is 1. The zero-order valence-corrected chi connectivity index (χ0v) is 11.5. The van der Waals surface area contributed by atoms with Crippen molar-refractivity contribution in [2.24, 2.45) is 5.92 Å². The first kappa shape index (κ1) is 14.3. The van der Waals surface area contributed by atoms with Crippen molar-refractivity contribution in [3.63, 3.8) is 0 Å². The summed E-state index contributed by atoms with van der Waals surface area (Å²) in [5, 5.41) is 10.7. The summed E-state index contributed by atoms with van der Waals surface area (Å²) in [7, 11) is -3.32. The number of nitrogens with one attached hydrogen (secondary N) is 1. The minimum Gasteiger partial charge on any atom is -0.481 e. The van der Waals surface area contributed by atoms with Crippen molar-refractivity contribution >= 4 is 21.7 Å². The molecular formula is C12H19NO5S. The maximum absolute atomic E-state index is 12.0. The monoisotopic (exact) mass is 289 g/mol. The van der Waals surface area contributed by atoms with Crippen LogP contribution in [0.5, 0.6) is 0 Å². The van der Waals surface area contributed by atoms with Crippen molar-refractivity contribution in [3.05, 3.63) is 0 Å². The Balaban J connectivity index is 1.93. The summed E-state index contributed by atoms with van der Waals surface area (Å²) in [6.07, 6.45) is 3.29. The first-order valence-electron chi connectivity index (χ1n) is 6.65. The molecule has 7 heteroatoms. The number of carboxylic acids is 1. The van der Waals surface area contributed by atoms with Crippen LogP contribution in [-0.2, 0) is 19.4 Å². The van der Waals surface area contributed by atoms with Gasteiger partial charge in [-0.25, -0.2) is 8.42 Å². The lowest BCUT2D eigenvalue weighted by Gasteiger charge is -2.23. The zero-order valence-electron chi connectivity index (χ0n) is 10.7. The summed E-state index contributed by atoms with van der Waals surface area (Å²) in [5.41, 5.74) is 0. The summed E-state index contributed by atoms with van der Waals surface area (Å²) in [4.78, 5) is 22.8. The number of sulfone groups is 1. The third-order valence-electron chi connectivity index (χ3n) is 4.00. The van der Waals surface area contributed by atoms with Crippen LogP contribution in [0.1, 0.15) is 38.5 Å². The highest BCUT2D eigenvalue weighted by Gasteiger charge is 2.37. The predicted molar refractivity (Wildman–Crippen MR) is 68.3 cm³/mol. The average Bonchev–Trinajstić information content (AvgIpc) is 2.76. The van der Waals surface area contributed by atoms with E-state index in [0.29, 0.717) is 32.1 Å². The van der Waals surface area contributed by atoms with E-state index in [2.05, 4.69) is 5.32 Å². The number of carboxylic acid groups (broad SMARTS) is 1. The fourth-order valence-electron chi connectivity index (χ4n) is 2.88. The molecule has 1 saturated carbocycles. The third kappa shape index (κ3) is 3.26. The van der Waals surface area contributed by atoms with Crippen LogP contribution < -0.4 is 5.32 Å². The molecule has 0 aromatic heterocycles. The Bertz CT molecular complexity index is 473. The molecule has 2 rings (SSSR count). The van der Waals surface area contributed by atoms with Crippen molar-refractivity contribution in [1.29, 1.82) is 0 Å². The van der Waals surface area contributed by atoms with Gasteiger partial charge in [0.1, 0.15) is 5.25 Å². The van der Waals surface area contributed by atoms with Crippen LogP contribution in [0, 0.1) is 5.92 Å². The molecule has 2 N–H and O–H groups in total. The van der Waals surface area contributed by atoms with Gasteiger partial charge in [-0.3, -0.25) is 9.59 Å². The van der Waals surface area contributed by atoms with Crippen molar-refractivity contribution in [1.82, 2.24) is 5.32 Å². The van der Waals surface area contributed by atoms with Gasteiger partial charge in [-0.2, -0.15) is 0 Å². The molecule has 0 bridgehead atoms. The molecule has 3 atom stereocenters. The molecule has 0 aromatic carbocycles. The van der Waals surface area contributed by atoms with Gasteiger partial charge < -0.3 is 10.4 Å². The molecule has 1 unspecified atom stereocenters. The number of rotatable bonds is 3. The molecule has 108 valence electrons. The Labute approximate surface area is 112 Å². The van der Waals surface area contributed by atoms with Crippen LogP contribution in [-0.4, -0.2) is 42.4 Å². The van der Waals surface area contributed by atoms with E-state index >= 15 is 0 Å². The fourth-order valence-corrected chi connectivity index (χ4v) is 4.69. The summed E-state index contributed by atoms with van der Waals surface area (Å²) in [6.45, 7) is 0. The molecule has 1 amide bonds. The maximum atomic E-state index is 12.0. The Morgan fingerprint density at radius 1 is 1.11 bits per heavy atom. The maximum Gasteiger partial charge on any atom is 0.306 e. The van der Waals surface area contributed by atoms with Crippen molar-refractivity contribution in [2.75, 3.05) is 5.75 Å². The Hall–Kier alpha value is -1.11. The minimum atomic E-state index is -3.32. The quantitative estimate of drug-likeness (QED) is 0.779. The van der Waals surface area contributed by atoms with Gasteiger partial charge in [-0.05, 0) is 32.1 Å². The van der Waals surface area contributed by atoms with Gasteiger partial charge in [0.2, 0.25) is 5.91 Å². The van der Waals surface area contributed by atoms with Gasteiger partial charge in [0.15, 0.2) is 9.84 Å². The van der Waals surface area contributed by atoms with E-state index in [-0.39, 0.29) is 11.8 Å². The summed E-state index contributed by atoms with van der Waals surface area (Å²) >= 11 is 0. The topological polar surface area (TPSA) is 101 Å². The highest BCUT2D eigenvalue weighted by atomic mass is 32.2. The molecule has 0 aromatic rings. The van der Waals surface area contributed by atoms with Crippen LogP contribution >= 0.6 is 0 Å². The van der Waals surface area contributed by atoms with E-state index in [0.717, 1.165) is 6.42 Å². The first-order chi connectivity index (χ1) is 8.90. The lowest BCUT2D eigenvalue weighted by molar-refractivity contribution is -0.141. The van der Waals surface area contributed by atoms with E-state index in [9.17, 15) is 18.0 Å². The summed E-state index contributed by atoms with van der Waals surface area (Å²) < 4.78 is 23.6. The van der Waals surface area contributed by atoms with Gasteiger partial charge in [0, 0.05) is 6.04 Å². The van der Waals surface area contributed by atoms with E-state index in [4.69, 9.17) is 5.11 Å². The predicted octanol–water partition coefficient (Wildman–Crippen LogP) is 0.323. The van der Waals surface area contributed by atoms with Crippen molar-refractivity contribution in [3.8, 4) is 0 Å². The summed E-state index contributed by atoms with van der Waals surface area (Å²) in [6, 6.07) is -0.203. The number of aliphatic carboxylic acids is 1. The lowest BCUT2D eigenvalue weighted by atomic mass is 10.1. The normalized spacial score (nSPS) is 33.8. The van der Waals surface area contributed by atoms with Crippen LogP contribution in [0.15, 0.2) is 0 Å². The number of carbonyl (C=O) groups excluding carboxylic acids is 1. The number of hydrogen-bond donors (Lipinski definition) is 2. The standard InChI is InChI=1S/C12H19NO5S/c14-11(10-3-1-2-6-19(10,17)18)13-9-5-4-8(7-9)12(15)16/h8-10H,1-7H2,(H,13,14)(H,15,16)/t8-,9+,10?/m1/s1. The van der Waals surface area contributed by atoms with Gasteiger partial charge in [-0.1, -0.05) is 6.42 Å². The fraction of sp³-hybridized carbons (Fsp3) is 0.833. The average molecular weight is 289 g/mol. The molecular weight excluding hydrogens is 270 g/mol. The molecule has 1 heterocycles. The Kier molecular flexibility index (Phi) is 4.13. The highest BCUT2D eigenvalue weighted by Crippen LogP contribution is 2.26. The van der Waals surface area contributed by atoms with Crippen LogP contribution in [0.4, 0.5) is 0 Å². The number of hydrogen-bond acceptors (Lipinski definition) is 4. The smallest absolute Gasteiger partial charge is 0.306 e. The SMILES string of the molecule is O=C(N[C@H]1CC[C@@H](C(=O)O)C1)C1CCCCS1(=O)=O. The van der Waals surface area contributed by atoms with E-state index < -0.39 is 32.9 Å². The van der Waals surface area contributed by atoms with Gasteiger partial charge in [0.05, 0.1) is 11.7 Å². The van der Waals surface area contributed by atoms with Crippen molar-refractivity contribution in [2.45, 2.75) is 49.8 Å². The zero-order chi connectivity index (χ0) is 14.0. The third-order valence-corrected chi connectivity index (χ3v) is 6.17. The Morgan fingerprint density at radius 3 is 2.42 bits per heavy atom. The molecule has 2 aliphatic rings. The van der Waals surface area contributed by atoms with Crippen LogP contribution in [0.25, 0.3) is 0 Å². The van der Waals surface area contributed by atoms with Gasteiger partial charge >= 0.3 is 5.97 Å². The minimum absolute atomic E-state index is 0.0769. The molecule has 19 heavy (non-hydrogen) atoms. The molecule has 1 saturated heterocycles. The lowest BCUT2D eigenvalue weighted by Crippen LogP contribution is -2.46.